The molecule has 0 spiro atoms. The first-order chi connectivity index (χ1) is 30.1. The number of rotatable bonds is 37. The van der Waals surface area contributed by atoms with Gasteiger partial charge in [0.15, 0.2) is 12.6 Å². The number of aliphatic hydroxyl groups excluding tert-OH is 8. The van der Waals surface area contributed by atoms with E-state index < -0.39 is 86.8 Å². The van der Waals surface area contributed by atoms with Crippen LogP contribution in [0, 0.1) is 0 Å². The number of unbranched alkanes of at least 4 members (excludes halogenated alkanes) is 20. The molecule has 0 bridgehead atoms. The lowest BCUT2D eigenvalue weighted by atomic mass is 9.97. The molecule has 2 fully saturated rings. The Labute approximate surface area is 373 Å². The smallest absolute Gasteiger partial charge is 0.220 e. The highest BCUT2D eigenvalue weighted by atomic mass is 16.7. The van der Waals surface area contributed by atoms with Crippen LogP contribution < -0.4 is 5.32 Å². The van der Waals surface area contributed by atoms with Crippen molar-refractivity contribution in [2.24, 2.45) is 0 Å². The van der Waals surface area contributed by atoms with Crippen molar-refractivity contribution >= 4 is 5.91 Å². The molecular weight excluding hydrogens is 799 g/mol. The normalized spacial score (nSPS) is 27.9. The van der Waals surface area contributed by atoms with E-state index in [-0.39, 0.29) is 18.9 Å². The van der Waals surface area contributed by atoms with Gasteiger partial charge in [0.25, 0.3) is 0 Å². The summed E-state index contributed by atoms with van der Waals surface area (Å²) >= 11 is 0. The number of aliphatic hydroxyl groups is 8. The topological polar surface area (TPSA) is 228 Å². The minimum absolute atomic E-state index is 0.222. The molecule has 0 aromatic heterocycles. The number of hydrogen-bond acceptors (Lipinski definition) is 13. The van der Waals surface area contributed by atoms with Crippen LogP contribution in [-0.4, -0.2) is 140 Å². The fourth-order valence-corrected chi connectivity index (χ4v) is 8.09. The van der Waals surface area contributed by atoms with E-state index in [2.05, 4.69) is 43.5 Å². The monoisotopic (exact) mass is 888 g/mol. The molecule has 2 heterocycles. The molecule has 2 saturated heterocycles. The van der Waals surface area contributed by atoms with Gasteiger partial charge in [-0.15, -0.1) is 0 Å². The highest BCUT2D eigenvalue weighted by molar-refractivity contribution is 5.76. The van der Waals surface area contributed by atoms with Gasteiger partial charge in [0, 0.05) is 6.42 Å². The quantitative estimate of drug-likeness (QED) is 0.0267. The summed E-state index contributed by atoms with van der Waals surface area (Å²) in [7, 11) is 0. The van der Waals surface area contributed by atoms with E-state index in [1.54, 1.807) is 0 Å². The summed E-state index contributed by atoms with van der Waals surface area (Å²) in [6.45, 7) is 2.80. The number of carbonyl (C=O) groups is 1. The van der Waals surface area contributed by atoms with E-state index in [4.69, 9.17) is 18.9 Å². The van der Waals surface area contributed by atoms with Crippen molar-refractivity contribution in [3.05, 3.63) is 24.3 Å². The van der Waals surface area contributed by atoms with Crippen LogP contribution in [0.2, 0.25) is 0 Å². The number of amides is 1. The van der Waals surface area contributed by atoms with Crippen molar-refractivity contribution in [1.82, 2.24) is 5.32 Å². The number of ether oxygens (including phenoxy) is 4. The molecule has 2 aliphatic heterocycles. The Kier molecular flexibility index (Phi) is 32.6. The zero-order valence-electron chi connectivity index (χ0n) is 38.4. The predicted molar refractivity (Wildman–Crippen MR) is 240 cm³/mol. The fourth-order valence-electron chi connectivity index (χ4n) is 8.09. The van der Waals surface area contributed by atoms with Crippen molar-refractivity contribution in [3.63, 3.8) is 0 Å². The van der Waals surface area contributed by atoms with Crippen LogP contribution >= 0.6 is 0 Å². The second-order valence-corrected chi connectivity index (χ2v) is 17.6. The van der Waals surface area contributed by atoms with E-state index in [0.717, 1.165) is 70.6 Å². The first-order valence-corrected chi connectivity index (χ1v) is 24.6. The fraction of sp³-hybridized carbons (Fsp3) is 0.896. The van der Waals surface area contributed by atoms with Crippen LogP contribution in [0.3, 0.4) is 0 Å². The van der Waals surface area contributed by atoms with Gasteiger partial charge in [-0.2, -0.15) is 0 Å². The molecule has 2 aliphatic rings. The second-order valence-electron chi connectivity index (χ2n) is 17.6. The van der Waals surface area contributed by atoms with Crippen molar-refractivity contribution < 1.29 is 64.6 Å². The molecule has 14 heteroatoms. The Morgan fingerprint density at radius 1 is 0.581 bits per heavy atom. The molecular formula is C48H89NO13. The Balaban J connectivity index is 1.86. The number of allylic oxidation sites excluding steroid dienone is 4. The van der Waals surface area contributed by atoms with Gasteiger partial charge >= 0.3 is 0 Å². The lowest BCUT2D eigenvalue weighted by Gasteiger charge is -2.46. The molecule has 0 radical (unpaired) electrons. The van der Waals surface area contributed by atoms with Gasteiger partial charge in [-0.1, -0.05) is 154 Å². The lowest BCUT2D eigenvalue weighted by molar-refractivity contribution is -0.359. The molecule has 62 heavy (non-hydrogen) atoms. The third-order valence-electron chi connectivity index (χ3n) is 12.2. The summed E-state index contributed by atoms with van der Waals surface area (Å²) in [5.74, 6) is -0.222. The van der Waals surface area contributed by atoms with Crippen LogP contribution in [0.5, 0.6) is 0 Å². The SMILES string of the molecule is CCCCCC/C=C\C/C=C\CCCCCCCC(=O)NC(COC1OC(CO)C(OC2OC(CO)C(O)C(O)C2O)C(O)C1O)C(O)CCCCCCCCCCCCCC. The summed E-state index contributed by atoms with van der Waals surface area (Å²) in [4.78, 5) is 13.1. The standard InChI is InChI=1S/C48H89NO13/c1-3-5-7-9-11-13-15-17-18-19-20-22-24-26-28-30-32-40(53)49-36(37(52)31-29-27-25-23-21-16-14-12-10-8-6-4-2)35-59-47-45(58)43(56)46(39(34-51)61-47)62-48-44(57)42(55)41(54)38(33-50)60-48/h13,15,18-19,36-39,41-48,50-52,54-58H,3-12,14,16-17,20-35H2,1-2H3,(H,49,53)/b15-13-,19-18-. The maximum atomic E-state index is 13.1. The average molecular weight is 888 g/mol. The minimum Gasteiger partial charge on any atom is -0.394 e. The van der Waals surface area contributed by atoms with Crippen molar-refractivity contribution in [1.29, 1.82) is 0 Å². The molecule has 0 saturated carbocycles. The number of nitrogens with one attached hydrogen (secondary N) is 1. The average Bonchev–Trinajstić information content (AvgIpc) is 3.27. The molecule has 364 valence electrons. The minimum atomic E-state index is -1.78. The van der Waals surface area contributed by atoms with Gasteiger partial charge in [0.2, 0.25) is 5.91 Å². The van der Waals surface area contributed by atoms with Gasteiger partial charge in [-0.3, -0.25) is 4.79 Å². The van der Waals surface area contributed by atoms with Crippen LogP contribution in [0.15, 0.2) is 24.3 Å². The van der Waals surface area contributed by atoms with E-state index in [1.165, 1.54) is 77.0 Å². The van der Waals surface area contributed by atoms with Crippen LogP contribution in [0.1, 0.15) is 181 Å². The van der Waals surface area contributed by atoms with E-state index in [9.17, 15) is 45.6 Å². The van der Waals surface area contributed by atoms with Crippen LogP contribution in [0.4, 0.5) is 0 Å². The number of carbonyl (C=O) groups excluding carboxylic acids is 1. The zero-order valence-corrected chi connectivity index (χ0v) is 38.4. The zero-order chi connectivity index (χ0) is 45.4. The maximum absolute atomic E-state index is 13.1. The first-order valence-electron chi connectivity index (χ1n) is 24.6. The second kappa shape index (κ2) is 35.7. The highest BCUT2D eigenvalue weighted by Crippen LogP contribution is 2.30. The summed E-state index contributed by atoms with van der Waals surface area (Å²) in [6.07, 6.45) is 20.3. The molecule has 0 aromatic rings. The Hall–Kier alpha value is -1.53. The van der Waals surface area contributed by atoms with Gasteiger partial charge in [-0.05, 0) is 44.9 Å². The lowest BCUT2D eigenvalue weighted by Crippen LogP contribution is -2.65. The third kappa shape index (κ3) is 23.1. The summed E-state index contributed by atoms with van der Waals surface area (Å²) in [6, 6.07) is -0.832. The van der Waals surface area contributed by atoms with E-state index >= 15 is 0 Å². The van der Waals surface area contributed by atoms with Crippen LogP contribution in [0.25, 0.3) is 0 Å². The molecule has 12 unspecified atom stereocenters. The maximum Gasteiger partial charge on any atom is 0.220 e. The molecule has 14 nitrogen and oxygen atoms in total. The Morgan fingerprint density at radius 3 is 1.63 bits per heavy atom. The summed E-state index contributed by atoms with van der Waals surface area (Å²) in [5, 5.41) is 86.7. The predicted octanol–water partition coefficient (Wildman–Crippen LogP) is 5.77. The Bertz CT molecular complexity index is 1140. The van der Waals surface area contributed by atoms with Gasteiger partial charge < -0.3 is 65.1 Å². The molecule has 0 aromatic carbocycles. The highest BCUT2D eigenvalue weighted by Gasteiger charge is 2.51. The summed E-state index contributed by atoms with van der Waals surface area (Å²) < 4.78 is 22.7. The summed E-state index contributed by atoms with van der Waals surface area (Å²) in [5.41, 5.74) is 0. The largest absolute Gasteiger partial charge is 0.394 e. The third-order valence-corrected chi connectivity index (χ3v) is 12.2. The number of hydrogen-bond donors (Lipinski definition) is 9. The Morgan fingerprint density at radius 2 is 1.06 bits per heavy atom. The van der Waals surface area contributed by atoms with Crippen molar-refractivity contribution in [2.45, 2.75) is 254 Å². The molecule has 1 amide bonds. The van der Waals surface area contributed by atoms with Crippen molar-refractivity contribution in [3.8, 4) is 0 Å². The molecule has 0 aliphatic carbocycles. The van der Waals surface area contributed by atoms with E-state index in [1.807, 2.05) is 0 Å². The molecule has 9 N–H and O–H groups in total. The van der Waals surface area contributed by atoms with Gasteiger partial charge in [0.05, 0.1) is 32.0 Å². The molecule has 12 atom stereocenters. The van der Waals surface area contributed by atoms with Gasteiger partial charge in [-0.25, -0.2) is 0 Å². The van der Waals surface area contributed by atoms with Crippen molar-refractivity contribution in [2.75, 3.05) is 19.8 Å². The van der Waals surface area contributed by atoms with Gasteiger partial charge in [0.1, 0.15) is 48.8 Å². The molecule has 2 rings (SSSR count). The first kappa shape index (κ1) is 56.6. The van der Waals surface area contributed by atoms with E-state index in [0.29, 0.717) is 12.8 Å². The van der Waals surface area contributed by atoms with Crippen LogP contribution in [-0.2, 0) is 23.7 Å².